The van der Waals surface area contributed by atoms with Gasteiger partial charge in [0.2, 0.25) is 10.0 Å². The summed E-state index contributed by atoms with van der Waals surface area (Å²) in [6, 6.07) is 8.42. The highest BCUT2D eigenvalue weighted by Gasteiger charge is 2.23. The first-order valence-electron chi connectivity index (χ1n) is 8.61. The molecule has 0 aliphatic rings. The Morgan fingerprint density at radius 1 is 1.26 bits per heavy atom. The predicted molar refractivity (Wildman–Crippen MR) is 111 cm³/mol. The number of thioether (sulfide) groups is 1. The summed E-state index contributed by atoms with van der Waals surface area (Å²) in [7, 11) is -4.25. The molecule has 2 aromatic carbocycles. The zero-order valence-corrected chi connectivity index (χ0v) is 18.0. The molecular weight excluding hydrogens is 453 g/mol. The normalized spacial score (nSPS) is 12.1. The van der Waals surface area contributed by atoms with E-state index in [4.69, 9.17) is 4.74 Å². The summed E-state index contributed by atoms with van der Waals surface area (Å²) in [5, 5.41) is 13.5. The first-order valence-corrected chi connectivity index (χ1v) is 11.3. The average Bonchev–Trinajstić information content (AvgIpc) is 2.71. The molecule has 0 saturated carbocycles. The molecule has 1 amide bonds. The molecule has 2 aromatic rings. The molecule has 10 nitrogen and oxygen atoms in total. The monoisotopic (exact) mass is 471 g/mol. The summed E-state index contributed by atoms with van der Waals surface area (Å²) in [5.41, 5.74) is -0.232. The molecule has 0 saturated heterocycles. The van der Waals surface area contributed by atoms with Crippen LogP contribution in [0.15, 0.2) is 52.3 Å². The Morgan fingerprint density at radius 3 is 2.58 bits per heavy atom. The summed E-state index contributed by atoms with van der Waals surface area (Å²) in [6.07, 6.45) is 0.318. The number of sulfonamides is 1. The number of anilines is 1. The molecule has 2 rings (SSSR count). The lowest BCUT2D eigenvalue weighted by molar-refractivity contribution is -0.388. The fourth-order valence-electron chi connectivity index (χ4n) is 2.32. The number of nitrogens with zero attached hydrogens (tertiary/aromatic N) is 1. The fraction of sp³-hybridized carbons (Fsp3) is 0.222. The minimum absolute atomic E-state index is 0.156. The molecule has 1 unspecified atom stereocenters. The van der Waals surface area contributed by atoms with Crippen molar-refractivity contribution < 1.29 is 32.1 Å². The zero-order valence-electron chi connectivity index (χ0n) is 16.3. The number of hydrogen-bond donors (Lipinski definition) is 2. The Hall–Kier alpha value is -3.03. The highest BCUT2D eigenvalue weighted by molar-refractivity contribution is 7.98. The Labute approximate surface area is 181 Å². The van der Waals surface area contributed by atoms with Crippen molar-refractivity contribution in [3.05, 3.63) is 58.4 Å². The third kappa shape index (κ3) is 6.73. The van der Waals surface area contributed by atoms with Crippen molar-refractivity contribution in [2.75, 3.05) is 18.1 Å². The molecule has 0 aromatic heterocycles. The molecule has 0 fully saturated rings. The minimum Gasteiger partial charge on any atom is -0.452 e. The first-order chi connectivity index (χ1) is 14.5. The summed E-state index contributed by atoms with van der Waals surface area (Å²) < 4.78 is 44.7. The van der Waals surface area contributed by atoms with Crippen LogP contribution in [-0.4, -0.2) is 44.1 Å². The number of nitro groups is 1. The number of esters is 1. The van der Waals surface area contributed by atoms with Gasteiger partial charge in [-0.15, -0.1) is 11.8 Å². The van der Waals surface area contributed by atoms with Gasteiger partial charge in [-0.1, -0.05) is 6.07 Å². The predicted octanol–water partition coefficient (Wildman–Crippen LogP) is 2.30. The largest absolute Gasteiger partial charge is 0.452 e. The van der Waals surface area contributed by atoms with Crippen LogP contribution >= 0.6 is 11.8 Å². The van der Waals surface area contributed by atoms with Crippen molar-refractivity contribution in [1.82, 2.24) is 4.72 Å². The van der Waals surface area contributed by atoms with Crippen LogP contribution < -0.4 is 10.0 Å². The number of ether oxygens (including phenoxy) is 1. The Kier molecular flexibility index (Phi) is 8.08. The van der Waals surface area contributed by atoms with Crippen LogP contribution in [-0.2, 0) is 24.3 Å². The van der Waals surface area contributed by atoms with E-state index in [9.17, 15) is 32.5 Å². The summed E-state index contributed by atoms with van der Waals surface area (Å²) >= 11 is 1.08. The molecule has 0 bridgehead atoms. The molecule has 166 valence electrons. The molecule has 2 N–H and O–H groups in total. The molecule has 0 spiro atoms. The molecule has 0 radical (unpaired) electrons. The van der Waals surface area contributed by atoms with Crippen molar-refractivity contribution >= 4 is 45.0 Å². The smallest absolute Gasteiger partial charge is 0.321 e. The zero-order chi connectivity index (χ0) is 23.2. The van der Waals surface area contributed by atoms with Crippen molar-refractivity contribution in [3.8, 4) is 0 Å². The summed E-state index contributed by atoms with van der Waals surface area (Å²) in [4.78, 5) is 34.2. The number of benzene rings is 2. The number of carbonyl (C=O) groups is 2. The maximum Gasteiger partial charge on any atom is 0.321 e. The van der Waals surface area contributed by atoms with E-state index in [2.05, 4.69) is 5.32 Å². The number of rotatable bonds is 9. The highest BCUT2D eigenvalue weighted by atomic mass is 32.2. The maximum absolute atomic E-state index is 13.2. The fourth-order valence-corrected chi connectivity index (χ4v) is 3.85. The SMILES string of the molecule is CSc1ccc(S(=O)(=O)NCC(=O)OC(C)C(=O)Nc2cccc(F)c2)cc1[N+](=O)[O-]. The van der Waals surface area contributed by atoms with Crippen LogP contribution in [0.5, 0.6) is 0 Å². The summed E-state index contributed by atoms with van der Waals surface area (Å²) in [6.45, 7) is 0.448. The van der Waals surface area contributed by atoms with E-state index in [1.807, 2.05) is 4.72 Å². The third-order valence-corrected chi connectivity index (χ3v) is 6.02. The van der Waals surface area contributed by atoms with Gasteiger partial charge in [0.15, 0.2) is 6.10 Å². The van der Waals surface area contributed by atoms with Gasteiger partial charge in [0, 0.05) is 11.8 Å². The minimum atomic E-state index is -4.25. The molecular formula is C18H18FN3O7S2. The van der Waals surface area contributed by atoms with Crippen molar-refractivity contribution in [2.24, 2.45) is 0 Å². The summed E-state index contributed by atoms with van der Waals surface area (Å²) in [5.74, 6) is -2.37. The number of nitro benzene ring substituents is 1. The van der Waals surface area contributed by atoms with Crippen LogP contribution in [0.3, 0.4) is 0 Å². The van der Waals surface area contributed by atoms with Crippen LogP contribution in [0, 0.1) is 15.9 Å². The standard InChI is InChI=1S/C18H18FN3O7S2/c1-11(18(24)21-13-5-3-4-12(19)8-13)29-17(23)10-20-31(27,28)14-6-7-16(30-2)15(9-14)22(25)26/h3-9,11,20H,10H2,1-2H3,(H,21,24). The van der Waals surface area contributed by atoms with Crippen molar-refractivity contribution in [2.45, 2.75) is 22.8 Å². The van der Waals surface area contributed by atoms with Crippen LogP contribution in [0.1, 0.15) is 6.92 Å². The van der Waals surface area contributed by atoms with Gasteiger partial charge in [0.05, 0.1) is 14.7 Å². The Balaban J connectivity index is 1.97. The quantitative estimate of drug-likeness (QED) is 0.245. The van der Waals surface area contributed by atoms with E-state index in [0.717, 1.165) is 23.9 Å². The van der Waals surface area contributed by atoms with E-state index < -0.39 is 50.2 Å². The van der Waals surface area contributed by atoms with Gasteiger partial charge in [0.1, 0.15) is 12.4 Å². The van der Waals surface area contributed by atoms with E-state index >= 15 is 0 Å². The van der Waals surface area contributed by atoms with Gasteiger partial charge in [-0.2, -0.15) is 4.72 Å². The number of carbonyl (C=O) groups excluding carboxylic acids is 2. The second-order valence-corrected chi connectivity index (χ2v) is 8.66. The number of halogens is 1. The van der Waals surface area contributed by atoms with E-state index in [1.165, 1.54) is 37.3 Å². The topological polar surface area (TPSA) is 145 Å². The molecule has 1 atom stereocenters. The van der Waals surface area contributed by atoms with Crippen LogP contribution in [0.2, 0.25) is 0 Å². The van der Waals surface area contributed by atoms with Gasteiger partial charge < -0.3 is 10.1 Å². The lowest BCUT2D eigenvalue weighted by Gasteiger charge is -2.14. The number of amides is 1. The maximum atomic E-state index is 13.2. The van der Waals surface area contributed by atoms with E-state index in [1.54, 1.807) is 6.26 Å². The van der Waals surface area contributed by atoms with E-state index in [0.29, 0.717) is 0 Å². The lowest BCUT2D eigenvalue weighted by Crippen LogP contribution is -2.35. The van der Waals surface area contributed by atoms with Crippen molar-refractivity contribution in [3.63, 3.8) is 0 Å². The lowest BCUT2D eigenvalue weighted by atomic mass is 10.3. The molecule has 31 heavy (non-hydrogen) atoms. The second-order valence-electron chi connectivity index (χ2n) is 6.05. The van der Waals surface area contributed by atoms with E-state index in [-0.39, 0.29) is 16.3 Å². The Morgan fingerprint density at radius 2 is 1.97 bits per heavy atom. The molecule has 13 heteroatoms. The highest BCUT2D eigenvalue weighted by Crippen LogP contribution is 2.29. The Bertz CT molecular complexity index is 1110. The first kappa shape index (κ1) is 24.2. The molecule has 0 aliphatic carbocycles. The van der Waals surface area contributed by atoms with Gasteiger partial charge in [-0.3, -0.25) is 19.7 Å². The average molecular weight is 471 g/mol. The van der Waals surface area contributed by atoms with Crippen LogP contribution in [0.4, 0.5) is 15.8 Å². The van der Waals surface area contributed by atoms with Crippen molar-refractivity contribution in [1.29, 1.82) is 0 Å². The molecule has 0 aliphatic heterocycles. The van der Waals surface area contributed by atoms with Gasteiger partial charge in [-0.05, 0) is 43.5 Å². The van der Waals surface area contributed by atoms with Gasteiger partial charge in [-0.25, -0.2) is 12.8 Å². The second kappa shape index (κ2) is 10.3. The molecule has 0 heterocycles. The van der Waals surface area contributed by atoms with Gasteiger partial charge >= 0.3 is 5.97 Å². The number of nitrogens with one attached hydrogen (secondary N) is 2. The third-order valence-electron chi connectivity index (χ3n) is 3.83. The van der Waals surface area contributed by atoms with Crippen LogP contribution in [0.25, 0.3) is 0 Å². The van der Waals surface area contributed by atoms with Gasteiger partial charge in [0.25, 0.3) is 11.6 Å². The number of hydrogen-bond acceptors (Lipinski definition) is 8.